The van der Waals surface area contributed by atoms with Crippen LogP contribution in [0.2, 0.25) is 10.2 Å². The van der Waals surface area contributed by atoms with Gasteiger partial charge in [-0.1, -0.05) is 29.3 Å². The molecule has 3 nitrogen and oxygen atoms in total. The van der Waals surface area contributed by atoms with Gasteiger partial charge in [0.25, 0.3) is 5.91 Å². The summed E-state index contributed by atoms with van der Waals surface area (Å²) in [4.78, 5) is 16.1. The van der Waals surface area contributed by atoms with Crippen molar-refractivity contribution in [2.45, 2.75) is 13.8 Å². The molecule has 0 unspecified atom stereocenters. The minimum Gasteiger partial charge on any atom is -0.321 e. The first kappa shape index (κ1) is 13.8. The van der Waals surface area contributed by atoms with Crippen LogP contribution < -0.4 is 5.32 Å². The normalized spacial score (nSPS) is 10.3. The summed E-state index contributed by atoms with van der Waals surface area (Å²) < 4.78 is 0. The zero-order valence-electron chi connectivity index (χ0n) is 10.5. The molecule has 0 saturated heterocycles. The van der Waals surface area contributed by atoms with Gasteiger partial charge in [0.2, 0.25) is 0 Å². The number of rotatable bonds is 2. The third-order valence-electron chi connectivity index (χ3n) is 2.55. The third kappa shape index (κ3) is 3.46. The number of halogens is 2. The maximum atomic E-state index is 12.1. The van der Waals surface area contributed by atoms with Crippen molar-refractivity contribution in [1.82, 2.24) is 4.98 Å². The molecule has 0 aliphatic heterocycles. The van der Waals surface area contributed by atoms with Crippen molar-refractivity contribution in [1.29, 1.82) is 0 Å². The SMILES string of the molecule is Cc1ccc(Cl)c(NC(=O)c2cc(C)nc(Cl)c2)c1. The molecule has 0 spiro atoms. The van der Waals surface area contributed by atoms with Gasteiger partial charge >= 0.3 is 0 Å². The van der Waals surface area contributed by atoms with Gasteiger partial charge in [0.15, 0.2) is 0 Å². The topological polar surface area (TPSA) is 42.0 Å². The summed E-state index contributed by atoms with van der Waals surface area (Å²) in [5.41, 5.74) is 2.74. The molecule has 1 amide bonds. The molecule has 0 fully saturated rings. The van der Waals surface area contributed by atoms with Gasteiger partial charge in [0.05, 0.1) is 10.7 Å². The Kier molecular flexibility index (Phi) is 4.08. The van der Waals surface area contributed by atoms with E-state index in [-0.39, 0.29) is 5.91 Å². The number of hydrogen-bond acceptors (Lipinski definition) is 2. The van der Waals surface area contributed by atoms with Crippen molar-refractivity contribution < 1.29 is 4.79 Å². The summed E-state index contributed by atoms with van der Waals surface area (Å²) in [6, 6.07) is 8.64. The van der Waals surface area contributed by atoms with Gasteiger partial charge in [-0.3, -0.25) is 4.79 Å². The van der Waals surface area contributed by atoms with Crippen molar-refractivity contribution in [3.05, 3.63) is 57.3 Å². The number of nitrogens with one attached hydrogen (secondary N) is 1. The average Bonchev–Trinajstić information content (AvgIpc) is 2.32. The number of carbonyl (C=O) groups excluding carboxylic acids is 1. The predicted octanol–water partition coefficient (Wildman–Crippen LogP) is 4.26. The van der Waals surface area contributed by atoms with Crippen LogP contribution in [0.4, 0.5) is 5.69 Å². The summed E-state index contributed by atoms with van der Waals surface area (Å²) in [6.45, 7) is 3.71. The molecule has 19 heavy (non-hydrogen) atoms. The van der Waals surface area contributed by atoms with Gasteiger partial charge in [-0.05, 0) is 43.7 Å². The quantitative estimate of drug-likeness (QED) is 0.841. The zero-order chi connectivity index (χ0) is 14.0. The van der Waals surface area contributed by atoms with Gasteiger partial charge in [0.1, 0.15) is 5.15 Å². The van der Waals surface area contributed by atoms with Gasteiger partial charge < -0.3 is 5.32 Å². The van der Waals surface area contributed by atoms with Crippen LogP contribution in [-0.4, -0.2) is 10.9 Å². The van der Waals surface area contributed by atoms with Crippen molar-refractivity contribution in [3.63, 3.8) is 0 Å². The average molecular weight is 295 g/mol. The first-order valence-electron chi connectivity index (χ1n) is 5.67. The summed E-state index contributed by atoms with van der Waals surface area (Å²) >= 11 is 11.9. The molecule has 98 valence electrons. The number of anilines is 1. The number of benzene rings is 1. The van der Waals surface area contributed by atoms with Crippen LogP contribution in [0.25, 0.3) is 0 Å². The second-order valence-electron chi connectivity index (χ2n) is 4.26. The Morgan fingerprint density at radius 3 is 2.58 bits per heavy atom. The van der Waals surface area contributed by atoms with E-state index >= 15 is 0 Å². The fraction of sp³-hybridized carbons (Fsp3) is 0.143. The Labute approximate surface area is 121 Å². The number of nitrogens with zero attached hydrogens (tertiary/aromatic N) is 1. The standard InChI is InChI=1S/C14H12Cl2N2O/c1-8-3-4-11(15)12(5-8)18-14(19)10-6-9(2)17-13(16)7-10/h3-7H,1-2H3,(H,18,19). The molecule has 0 radical (unpaired) electrons. The lowest BCUT2D eigenvalue weighted by atomic mass is 10.2. The van der Waals surface area contributed by atoms with Crippen molar-refractivity contribution >= 4 is 34.8 Å². The molecule has 5 heteroatoms. The van der Waals surface area contributed by atoms with Crippen LogP contribution in [0.15, 0.2) is 30.3 Å². The van der Waals surface area contributed by atoms with E-state index in [9.17, 15) is 4.79 Å². The molecule has 1 aromatic carbocycles. The summed E-state index contributed by atoms with van der Waals surface area (Å²) in [7, 11) is 0. The molecule has 2 rings (SSSR count). The molecule has 1 heterocycles. The highest BCUT2D eigenvalue weighted by Crippen LogP contribution is 2.23. The Balaban J connectivity index is 2.28. The molecule has 0 saturated carbocycles. The molecule has 1 N–H and O–H groups in total. The summed E-state index contributed by atoms with van der Waals surface area (Å²) in [6.07, 6.45) is 0. The van der Waals surface area contributed by atoms with E-state index in [0.717, 1.165) is 5.56 Å². The lowest BCUT2D eigenvalue weighted by Crippen LogP contribution is -2.13. The van der Waals surface area contributed by atoms with Crippen molar-refractivity contribution in [3.8, 4) is 0 Å². The highest BCUT2D eigenvalue weighted by molar-refractivity contribution is 6.34. The molecule has 0 aliphatic rings. The fourth-order valence-electron chi connectivity index (χ4n) is 1.69. The largest absolute Gasteiger partial charge is 0.321 e. The lowest BCUT2D eigenvalue weighted by molar-refractivity contribution is 0.102. The summed E-state index contributed by atoms with van der Waals surface area (Å²) in [5.74, 6) is -0.264. The smallest absolute Gasteiger partial charge is 0.255 e. The van der Waals surface area contributed by atoms with E-state index in [2.05, 4.69) is 10.3 Å². The first-order valence-corrected chi connectivity index (χ1v) is 6.43. The Morgan fingerprint density at radius 2 is 1.89 bits per heavy atom. The Hall–Kier alpha value is -1.58. The Bertz CT molecular complexity index is 621. The maximum Gasteiger partial charge on any atom is 0.255 e. The predicted molar refractivity (Wildman–Crippen MR) is 78.1 cm³/mol. The Morgan fingerprint density at radius 1 is 1.16 bits per heavy atom. The van der Waals surface area contributed by atoms with Crippen LogP contribution in [0.1, 0.15) is 21.6 Å². The van der Waals surface area contributed by atoms with E-state index in [1.165, 1.54) is 6.07 Å². The monoisotopic (exact) mass is 294 g/mol. The molecular formula is C14H12Cl2N2O. The van der Waals surface area contributed by atoms with Gasteiger partial charge in [0, 0.05) is 11.3 Å². The fourth-order valence-corrected chi connectivity index (χ4v) is 2.10. The van der Waals surface area contributed by atoms with E-state index < -0.39 is 0 Å². The number of carbonyl (C=O) groups is 1. The van der Waals surface area contributed by atoms with Crippen LogP contribution in [-0.2, 0) is 0 Å². The number of aromatic nitrogens is 1. The van der Waals surface area contributed by atoms with Gasteiger partial charge in [-0.25, -0.2) is 4.98 Å². The molecule has 0 bridgehead atoms. The van der Waals surface area contributed by atoms with Crippen LogP contribution in [0.3, 0.4) is 0 Å². The molecular weight excluding hydrogens is 283 g/mol. The second kappa shape index (κ2) is 5.59. The number of pyridine rings is 1. The molecule has 2 aromatic rings. The molecule has 1 aromatic heterocycles. The first-order chi connectivity index (χ1) is 8.95. The summed E-state index contributed by atoms with van der Waals surface area (Å²) in [5, 5.41) is 3.55. The molecule has 0 aliphatic carbocycles. The van der Waals surface area contributed by atoms with Crippen LogP contribution in [0, 0.1) is 13.8 Å². The van der Waals surface area contributed by atoms with E-state index in [1.807, 2.05) is 19.1 Å². The zero-order valence-corrected chi connectivity index (χ0v) is 12.0. The van der Waals surface area contributed by atoms with Crippen molar-refractivity contribution in [2.24, 2.45) is 0 Å². The minimum atomic E-state index is -0.264. The minimum absolute atomic E-state index is 0.264. The van der Waals surface area contributed by atoms with E-state index in [1.54, 1.807) is 19.1 Å². The molecule has 0 atom stereocenters. The van der Waals surface area contributed by atoms with Crippen LogP contribution in [0.5, 0.6) is 0 Å². The van der Waals surface area contributed by atoms with Crippen molar-refractivity contribution in [2.75, 3.05) is 5.32 Å². The third-order valence-corrected chi connectivity index (χ3v) is 3.08. The number of amides is 1. The van der Waals surface area contributed by atoms with Gasteiger partial charge in [-0.15, -0.1) is 0 Å². The van der Waals surface area contributed by atoms with E-state index in [4.69, 9.17) is 23.2 Å². The second-order valence-corrected chi connectivity index (χ2v) is 5.05. The highest BCUT2D eigenvalue weighted by atomic mass is 35.5. The highest BCUT2D eigenvalue weighted by Gasteiger charge is 2.10. The number of hydrogen-bond donors (Lipinski definition) is 1. The number of aryl methyl sites for hydroxylation is 2. The maximum absolute atomic E-state index is 12.1. The van der Waals surface area contributed by atoms with Crippen LogP contribution >= 0.6 is 23.2 Å². The van der Waals surface area contributed by atoms with Gasteiger partial charge in [-0.2, -0.15) is 0 Å². The lowest BCUT2D eigenvalue weighted by Gasteiger charge is -2.08. The van der Waals surface area contributed by atoms with E-state index in [0.29, 0.717) is 27.1 Å².